The average Bonchev–Trinajstić information content (AvgIpc) is 3.79. The van der Waals surface area contributed by atoms with E-state index in [-0.39, 0.29) is 42.7 Å². The minimum Gasteiger partial charge on any atom is -0.346 e. The summed E-state index contributed by atoms with van der Waals surface area (Å²) in [6.45, 7) is 14.7. The maximum absolute atomic E-state index is 14.7. The number of carbonyl (C=O) groups excluding carboxylic acids is 5. The molecule has 2 heterocycles. The van der Waals surface area contributed by atoms with E-state index in [2.05, 4.69) is 27.8 Å². The van der Waals surface area contributed by atoms with Crippen molar-refractivity contribution in [2.45, 2.75) is 123 Å². The van der Waals surface area contributed by atoms with E-state index < -0.39 is 63.4 Å². The van der Waals surface area contributed by atoms with Gasteiger partial charge in [0.15, 0.2) is 0 Å². The van der Waals surface area contributed by atoms with Crippen molar-refractivity contribution in [2.24, 2.45) is 29.1 Å². The monoisotopic (exact) mass is 749 g/mol. The minimum absolute atomic E-state index is 0.0454. The summed E-state index contributed by atoms with van der Waals surface area (Å²) >= 11 is 0. The molecule has 2 aliphatic carbocycles. The molecule has 0 bridgehead atoms. The van der Waals surface area contributed by atoms with Crippen molar-refractivity contribution in [1.29, 1.82) is 0 Å². The SMILES string of the molecule is C=CCNC(=O)C(=O)C(CC1CC1)NC(=O)[C@@H]1C(C(C)C)CCN1C(=O)[C@@H](NC(=O)N[C@H](CN1CCCN(C)S1(=O)=O)C(C)(C)C)C1CCCCC1. The highest BCUT2D eigenvalue weighted by Crippen LogP contribution is 2.36. The Morgan fingerprint density at radius 1 is 0.885 bits per heavy atom. The number of urea groups is 1. The van der Waals surface area contributed by atoms with Crippen LogP contribution in [0.15, 0.2) is 12.7 Å². The number of hydrogen-bond donors (Lipinski definition) is 4. The lowest BCUT2D eigenvalue weighted by molar-refractivity contribution is -0.144. The number of hydrogen-bond acceptors (Lipinski definition) is 7. The van der Waals surface area contributed by atoms with Gasteiger partial charge in [-0.05, 0) is 61.2 Å². The molecule has 2 unspecified atom stereocenters. The van der Waals surface area contributed by atoms with Gasteiger partial charge in [-0.25, -0.2) is 4.79 Å². The van der Waals surface area contributed by atoms with Crippen LogP contribution in [-0.4, -0.2) is 115 Å². The smallest absolute Gasteiger partial charge is 0.315 e. The fourth-order valence-electron chi connectivity index (χ4n) is 7.87. The first kappa shape index (κ1) is 41.7. The van der Waals surface area contributed by atoms with Crippen molar-refractivity contribution >= 4 is 39.7 Å². The first-order valence-electron chi connectivity index (χ1n) is 19.3. The molecule has 5 atom stereocenters. The molecular formula is C37H63N7O7S. The average molecular weight is 750 g/mol. The minimum atomic E-state index is -3.66. The summed E-state index contributed by atoms with van der Waals surface area (Å²) in [5.41, 5.74) is -0.507. The van der Waals surface area contributed by atoms with E-state index >= 15 is 0 Å². The molecule has 4 N–H and O–H groups in total. The highest BCUT2D eigenvalue weighted by molar-refractivity contribution is 7.86. The largest absolute Gasteiger partial charge is 0.346 e. The van der Waals surface area contributed by atoms with Gasteiger partial charge in [0.25, 0.3) is 16.1 Å². The van der Waals surface area contributed by atoms with Crippen LogP contribution in [0.4, 0.5) is 4.79 Å². The normalized spacial score (nSPS) is 24.8. The first-order chi connectivity index (χ1) is 24.4. The lowest BCUT2D eigenvalue weighted by Gasteiger charge is -2.39. The molecule has 4 aliphatic rings. The molecule has 4 fully saturated rings. The zero-order valence-electron chi connectivity index (χ0n) is 32.1. The van der Waals surface area contributed by atoms with Gasteiger partial charge < -0.3 is 26.2 Å². The number of ketones is 1. The summed E-state index contributed by atoms with van der Waals surface area (Å²) in [5.74, 6) is -2.34. The van der Waals surface area contributed by atoms with Crippen LogP contribution in [0.1, 0.15) is 98.8 Å². The third-order valence-corrected chi connectivity index (χ3v) is 13.3. The topological polar surface area (TPSA) is 177 Å². The van der Waals surface area contributed by atoms with E-state index in [4.69, 9.17) is 0 Å². The van der Waals surface area contributed by atoms with E-state index in [1.54, 1.807) is 11.9 Å². The van der Waals surface area contributed by atoms with Crippen LogP contribution in [-0.2, 0) is 29.4 Å². The van der Waals surface area contributed by atoms with E-state index in [9.17, 15) is 32.4 Å². The van der Waals surface area contributed by atoms with Crippen LogP contribution in [0.2, 0.25) is 0 Å². The second kappa shape index (κ2) is 17.9. The van der Waals surface area contributed by atoms with Gasteiger partial charge in [0, 0.05) is 45.8 Å². The Morgan fingerprint density at radius 2 is 1.56 bits per heavy atom. The quantitative estimate of drug-likeness (QED) is 0.147. The Balaban J connectivity index is 1.56. The van der Waals surface area contributed by atoms with Crippen molar-refractivity contribution in [3.05, 3.63) is 12.7 Å². The molecule has 0 aromatic heterocycles. The van der Waals surface area contributed by atoms with Crippen LogP contribution in [0.25, 0.3) is 0 Å². The number of amides is 5. The van der Waals surface area contributed by atoms with E-state index in [0.29, 0.717) is 38.9 Å². The molecule has 0 radical (unpaired) electrons. The summed E-state index contributed by atoms with van der Waals surface area (Å²) in [5, 5.41) is 11.4. The highest BCUT2D eigenvalue weighted by atomic mass is 32.2. The van der Waals surface area contributed by atoms with E-state index in [1.165, 1.54) is 14.7 Å². The van der Waals surface area contributed by atoms with Gasteiger partial charge in [-0.1, -0.05) is 72.8 Å². The third-order valence-electron chi connectivity index (χ3n) is 11.4. The number of nitrogens with one attached hydrogen (secondary N) is 4. The number of likely N-dealkylation sites (tertiary alicyclic amines) is 1. The number of Topliss-reactive ketones (excluding diaryl/α,β-unsaturated/α-hetero) is 1. The Hall–Kier alpha value is -3.04. The van der Waals surface area contributed by atoms with Crippen LogP contribution < -0.4 is 21.3 Å². The molecule has 5 amide bonds. The zero-order valence-corrected chi connectivity index (χ0v) is 32.9. The van der Waals surface area contributed by atoms with Crippen molar-refractivity contribution in [2.75, 3.05) is 39.8 Å². The predicted octanol–water partition coefficient (Wildman–Crippen LogP) is 2.56. The number of carbonyl (C=O) groups is 5. The van der Waals surface area contributed by atoms with Gasteiger partial charge in [0.1, 0.15) is 12.1 Å². The third kappa shape index (κ3) is 10.6. The van der Waals surface area contributed by atoms with Gasteiger partial charge in [-0.2, -0.15) is 17.0 Å². The second-order valence-corrected chi connectivity index (χ2v) is 18.8. The van der Waals surface area contributed by atoms with Gasteiger partial charge in [0.2, 0.25) is 17.6 Å². The van der Waals surface area contributed by atoms with Gasteiger partial charge in [0.05, 0.1) is 6.04 Å². The fraction of sp³-hybridized carbons (Fsp3) is 0.811. The second-order valence-electron chi connectivity index (χ2n) is 16.7. The van der Waals surface area contributed by atoms with E-state index in [1.807, 2.05) is 34.6 Å². The summed E-state index contributed by atoms with van der Waals surface area (Å²) < 4.78 is 28.9. The summed E-state index contributed by atoms with van der Waals surface area (Å²) in [4.78, 5) is 70.2. The lowest BCUT2D eigenvalue weighted by Crippen LogP contribution is -2.62. The van der Waals surface area contributed by atoms with Gasteiger partial charge >= 0.3 is 6.03 Å². The van der Waals surface area contributed by atoms with Gasteiger partial charge in [-0.15, -0.1) is 6.58 Å². The molecule has 2 aliphatic heterocycles. The molecule has 2 saturated carbocycles. The number of nitrogens with zero attached hydrogens (tertiary/aromatic N) is 3. The molecule has 0 spiro atoms. The highest BCUT2D eigenvalue weighted by Gasteiger charge is 2.48. The molecule has 15 heteroatoms. The summed E-state index contributed by atoms with van der Waals surface area (Å²) in [7, 11) is -2.11. The first-order valence-corrected chi connectivity index (χ1v) is 20.7. The van der Waals surface area contributed by atoms with Crippen LogP contribution >= 0.6 is 0 Å². The Kier molecular flexibility index (Phi) is 14.3. The Bertz CT molecular complexity index is 1420. The van der Waals surface area contributed by atoms with Crippen molar-refractivity contribution < 1.29 is 32.4 Å². The maximum Gasteiger partial charge on any atom is 0.315 e. The van der Waals surface area contributed by atoms with Crippen LogP contribution in [0, 0.1) is 29.1 Å². The van der Waals surface area contributed by atoms with Gasteiger partial charge in [-0.3, -0.25) is 19.2 Å². The number of rotatable bonds is 15. The molecule has 0 aromatic carbocycles. The molecule has 52 heavy (non-hydrogen) atoms. The predicted molar refractivity (Wildman–Crippen MR) is 199 cm³/mol. The molecule has 294 valence electrons. The van der Waals surface area contributed by atoms with Crippen molar-refractivity contribution in [1.82, 2.24) is 34.8 Å². The van der Waals surface area contributed by atoms with Crippen LogP contribution in [0.3, 0.4) is 0 Å². The Morgan fingerprint density at radius 3 is 2.15 bits per heavy atom. The molecule has 2 saturated heterocycles. The molecular weight excluding hydrogens is 687 g/mol. The summed E-state index contributed by atoms with van der Waals surface area (Å²) in [6, 6.07) is -3.91. The van der Waals surface area contributed by atoms with Crippen LogP contribution in [0.5, 0.6) is 0 Å². The Labute approximate surface area is 310 Å². The molecule has 14 nitrogen and oxygen atoms in total. The standard InChI is InChI=1S/C37H63N7O7S/c1-8-18-38-34(47)32(45)28(22-25-15-16-25)39-33(46)31-27(24(2)3)17-21-44(31)35(48)30(26-13-10-9-11-14-26)41-36(49)40-29(37(4,5)6)23-43-20-12-19-42(7)52(43,50)51/h8,24-31H,1,9-23H2,2-7H3,(H,38,47)(H,39,46)(H2,40,41,49)/t27?,28?,29-,30+,31+/m1/s1. The van der Waals surface area contributed by atoms with Crippen molar-refractivity contribution in [3.63, 3.8) is 0 Å². The van der Waals surface area contributed by atoms with E-state index in [0.717, 1.165) is 44.9 Å². The summed E-state index contributed by atoms with van der Waals surface area (Å²) in [6.07, 6.45) is 9.30. The zero-order chi connectivity index (χ0) is 38.4. The maximum atomic E-state index is 14.7. The van der Waals surface area contributed by atoms with Crippen molar-refractivity contribution in [3.8, 4) is 0 Å². The lowest BCUT2D eigenvalue weighted by atomic mass is 9.82. The molecule has 4 rings (SSSR count). The fourth-order valence-corrected chi connectivity index (χ4v) is 9.33. The molecule has 0 aromatic rings.